The van der Waals surface area contributed by atoms with Crippen LogP contribution in [0.25, 0.3) is 22.3 Å². The largest absolute Gasteiger partial charge is 0.405 e. The van der Waals surface area contributed by atoms with Gasteiger partial charge in [-0.25, -0.2) is 0 Å². The van der Waals surface area contributed by atoms with Crippen molar-refractivity contribution < 1.29 is 0 Å². The molecule has 3 aromatic carbocycles. The van der Waals surface area contributed by atoms with Gasteiger partial charge in [-0.05, 0) is 40.6 Å². The summed E-state index contributed by atoms with van der Waals surface area (Å²) in [5.74, 6) is 0. The number of allylic oxidation sites excluding steroid dienone is 1. The Morgan fingerprint density at radius 3 is 1.91 bits per heavy atom. The molecule has 23 heavy (non-hydrogen) atoms. The van der Waals surface area contributed by atoms with Crippen molar-refractivity contribution in [2.24, 2.45) is 5.73 Å². The lowest BCUT2D eigenvalue weighted by atomic mass is 9.98. The molecule has 2 heteroatoms. The smallest absolute Gasteiger partial charge is 0.0626 e. The Balaban J connectivity index is 1.91. The fourth-order valence-corrected chi connectivity index (χ4v) is 2.54. The highest BCUT2D eigenvalue weighted by molar-refractivity contribution is 6.07. The molecule has 0 saturated heterocycles. The first-order valence-corrected chi connectivity index (χ1v) is 7.51. The van der Waals surface area contributed by atoms with Crippen LogP contribution in [0.15, 0.2) is 91.1 Å². The highest BCUT2D eigenvalue weighted by Gasteiger charge is 2.03. The summed E-state index contributed by atoms with van der Waals surface area (Å²) in [6, 6.07) is 26.8. The van der Waals surface area contributed by atoms with Crippen molar-refractivity contribution in [1.29, 1.82) is 5.41 Å². The molecule has 3 rings (SSSR count). The van der Waals surface area contributed by atoms with Gasteiger partial charge in [-0.3, -0.25) is 0 Å². The predicted octanol–water partition coefficient (Wildman–Crippen LogP) is 4.86. The molecule has 112 valence electrons. The third-order valence-corrected chi connectivity index (χ3v) is 3.76. The molecule has 0 radical (unpaired) electrons. The van der Waals surface area contributed by atoms with Gasteiger partial charge >= 0.3 is 0 Å². The third kappa shape index (κ3) is 3.38. The lowest BCUT2D eigenvalue weighted by molar-refractivity contribution is 1.48. The van der Waals surface area contributed by atoms with Crippen molar-refractivity contribution in [3.05, 3.63) is 96.7 Å². The molecule has 3 N–H and O–H groups in total. The quantitative estimate of drug-likeness (QED) is 0.664. The van der Waals surface area contributed by atoms with E-state index in [0.29, 0.717) is 5.71 Å². The van der Waals surface area contributed by atoms with Crippen LogP contribution in [0.3, 0.4) is 0 Å². The summed E-state index contributed by atoms with van der Waals surface area (Å²) in [6.45, 7) is 0. The zero-order valence-corrected chi connectivity index (χ0v) is 12.7. The van der Waals surface area contributed by atoms with Gasteiger partial charge < -0.3 is 11.1 Å². The van der Waals surface area contributed by atoms with Crippen molar-refractivity contribution in [2.75, 3.05) is 0 Å². The van der Waals surface area contributed by atoms with Gasteiger partial charge in [0, 0.05) is 5.56 Å². The molecule has 0 bridgehead atoms. The number of rotatable bonds is 4. The van der Waals surface area contributed by atoms with Crippen LogP contribution in [0.5, 0.6) is 0 Å². The van der Waals surface area contributed by atoms with Crippen LogP contribution < -0.4 is 5.73 Å². The summed E-state index contributed by atoms with van der Waals surface area (Å²) >= 11 is 0. The maximum Gasteiger partial charge on any atom is 0.0626 e. The fraction of sp³-hybridized carbons (Fsp3) is 0. The molecule has 0 fully saturated rings. The van der Waals surface area contributed by atoms with Crippen LogP contribution in [0.4, 0.5) is 0 Å². The van der Waals surface area contributed by atoms with Crippen LogP contribution >= 0.6 is 0 Å². The molecule has 0 aliphatic rings. The van der Waals surface area contributed by atoms with Gasteiger partial charge in [0.15, 0.2) is 0 Å². The molecule has 0 spiro atoms. The number of nitrogens with one attached hydrogen (secondary N) is 1. The normalized spacial score (nSPS) is 10.8. The molecule has 0 amide bonds. The first-order valence-electron chi connectivity index (χ1n) is 7.51. The van der Waals surface area contributed by atoms with Gasteiger partial charge in [-0.15, -0.1) is 0 Å². The van der Waals surface area contributed by atoms with Crippen molar-refractivity contribution in [1.82, 2.24) is 0 Å². The van der Waals surface area contributed by atoms with Crippen LogP contribution in [-0.4, -0.2) is 5.71 Å². The molecule has 0 aliphatic carbocycles. The van der Waals surface area contributed by atoms with E-state index in [1.165, 1.54) is 17.3 Å². The van der Waals surface area contributed by atoms with Crippen molar-refractivity contribution in [3.8, 4) is 22.3 Å². The Kier molecular flexibility index (Phi) is 4.34. The van der Waals surface area contributed by atoms with Gasteiger partial charge in [-0.2, -0.15) is 0 Å². The summed E-state index contributed by atoms with van der Waals surface area (Å²) < 4.78 is 0. The van der Waals surface area contributed by atoms with Crippen LogP contribution in [0, 0.1) is 5.41 Å². The van der Waals surface area contributed by atoms with E-state index in [0.717, 1.165) is 16.7 Å². The second kappa shape index (κ2) is 6.75. The summed E-state index contributed by atoms with van der Waals surface area (Å²) in [6.07, 6.45) is 2.99. The highest BCUT2D eigenvalue weighted by atomic mass is 14.5. The number of hydrogen-bond acceptors (Lipinski definition) is 2. The minimum atomic E-state index is 0.412. The fourth-order valence-electron chi connectivity index (χ4n) is 2.54. The molecule has 0 unspecified atom stereocenters. The van der Waals surface area contributed by atoms with Crippen molar-refractivity contribution in [3.63, 3.8) is 0 Å². The standard InChI is InChI=1S/C21H18N2/c22-14-13-21(23)20-8-4-7-19(15-20)18-11-9-17(10-12-18)16-5-2-1-3-6-16/h1-15,23H,22H2/b14-13-,23-21?. The second-order valence-corrected chi connectivity index (χ2v) is 5.30. The van der Waals surface area contributed by atoms with Crippen LogP contribution in [-0.2, 0) is 0 Å². The molecule has 3 aromatic rings. The first kappa shape index (κ1) is 14.8. The molecule has 2 nitrogen and oxygen atoms in total. The lowest BCUT2D eigenvalue weighted by Gasteiger charge is -2.07. The summed E-state index contributed by atoms with van der Waals surface area (Å²) in [5.41, 5.74) is 11.3. The minimum Gasteiger partial charge on any atom is -0.405 e. The van der Waals surface area contributed by atoms with Crippen LogP contribution in [0.2, 0.25) is 0 Å². The zero-order chi connectivity index (χ0) is 16.1. The minimum absolute atomic E-state index is 0.412. The zero-order valence-electron chi connectivity index (χ0n) is 12.7. The maximum atomic E-state index is 7.97. The number of hydrogen-bond donors (Lipinski definition) is 2. The van der Waals surface area contributed by atoms with Gasteiger partial charge in [-0.1, -0.05) is 72.8 Å². The van der Waals surface area contributed by atoms with Gasteiger partial charge in [0.1, 0.15) is 0 Å². The molecular weight excluding hydrogens is 280 g/mol. The maximum absolute atomic E-state index is 7.97. The predicted molar refractivity (Wildman–Crippen MR) is 97.5 cm³/mol. The van der Waals surface area contributed by atoms with E-state index in [2.05, 4.69) is 42.5 Å². The lowest BCUT2D eigenvalue weighted by Crippen LogP contribution is -1.96. The molecule has 0 heterocycles. The molecule has 0 aliphatic heterocycles. The average Bonchev–Trinajstić information content (AvgIpc) is 2.63. The SMILES string of the molecule is N=C(/C=C\N)c1cccc(-c2ccc(-c3ccccc3)cc2)c1. The Hall–Kier alpha value is -3.13. The summed E-state index contributed by atoms with van der Waals surface area (Å²) in [7, 11) is 0. The topological polar surface area (TPSA) is 49.9 Å². The van der Waals surface area contributed by atoms with Crippen molar-refractivity contribution >= 4 is 5.71 Å². The molecule has 0 atom stereocenters. The van der Waals surface area contributed by atoms with Gasteiger partial charge in [0.05, 0.1) is 5.71 Å². The Labute approximate surface area is 136 Å². The van der Waals surface area contributed by atoms with Crippen molar-refractivity contribution in [2.45, 2.75) is 0 Å². The average molecular weight is 298 g/mol. The van der Waals surface area contributed by atoms with E-state index in [1.54, 1.807) is 6.08 Å². The van der Waals surface area contributed by atoms with E-state index < -0.39 is 0 Å². The summed E-state index contributed by atoms with van der Waals surface area (Å²) in [4.78, 5) is 0. The highest BCUT2D eigenvalue weighted by Crippen LogP contribution is 2.25. The molecule has 0 saturated carbocycles. The van der Waals surface area contributed by atoms with E-state index in [-0.39, 0.29) is 0 Å². The van der Waals surface area contributed by atoms with E-state index in [4.69, 9.17) is 11.1 Å². The molecular formula is C21H18N2. The Bertz CT molecular complexity index is 831. The van der Waals surface area contributed by atoms with E-state index in [1.807, 2.05) is 36.4 Å². The van der Waals surface area contributed by atoms with Gasteiger partial charge in [0.2, 0.25) is 0 Å². The molecule has 0 aromatic heterocycles. The van der Waals surface area contributed by atoms with Gasteiger partial charge in [0.25, 0.3) is 0 Å². The number of benzene rings is 3. The first-order chi connectivity index (χ1) is 11.3. The third-order valence-electron chi connectivity index (χ3n) is 3.76. The van der Waals surface area contributed by atoms with E-state index in [9.17, 15) is 0 Å². The number of nitrogens with two attached hydrogens (primary N) is 1. The Morgan fingerprint density at radius 1 is 0.696 bits per heavy atom. The Morgan fingerprint density at radius 2 is 1.26 bits per heavy atom. The summed E-state index contributed by atoms with van der Waals surface area (Å²) in [5, 5.41) is 7.97. The van der Waals surface area contributed by atoms with Crippen LogP contribution in [0.1, 0.15) is 5.56 Å². The monoisotopic (exact) mass is 298 g/mol. The van der Waals surface area contributed by atoms with E-state index >= 15 is 0 Å². The second-order valence-electron chi connectivity index (χ2n) is 5.30.